The first kappa shape index (κ1) is 20.8. The van der Waals surface area contributed by atoms with Gasteiger partial charge in [-0.15, -0.1) is 0 Å². The molecule has 2 heterocycles. The van der Waals surface area contributed by atoms with Gasteiger partial charge in [-0.3, -0.25) is 9.59 Å². The Kier molecular flexibility index (Phi) is 6.04. The lowest BCUT2D eigenvalue weighted by molar-refractivity contribution is -0.135. The van der Waals surface area contributed by atoms with Crippen molar-refractivity contribution in [1.82, 2.24) is 9.80 Å². The molecule has 2 amide bonds. The van der Waals surface area contributed by atoms with E-state index in [1.165, 1.54) is 4.90 Å². The third kappa shape index (κ3) is 4.33. The average molecular weight is 418 g/mol. The van der Waals surface area contributed by atoms with E-state index in [2.05, 4.69) is 0 Å². The number of para-hydroxylation sites is 1. The summed E-state index contributed by atoms with van der Waals surface area (Å²) in [5, 5.41) is 10.7. The van der Waals surface area contributed by atoms with Crippen LogP contribution in [0.2, 0.25) is 0 Å². The number of hydrogen-bond donors (Lipinski definition) is 1. The summed E-state index contributed by atoms with van der Waals surface area (Å²) < 4.78 is 17.5. The molecule has 2 aliphatic heterocycles. The molecular formula is C22H30N2O6. The van der Waals surface area contributed by atoms with Crippen LogP contribution < -0.4 is 14.2 Å². The number of carbonyl (C=O) groups is 2. The van der Waals surface area contributed by atoms with E-state index < -0.39 is 6.10 Å². The maximum atomic E-state index is 12.6. The molecule has 0 aromatic heterocycles. The molecular weight excluding hydrogens is 388 g/mol. The summed E-state index contributed by atoms with van der Waals surface area (Å²) in [5.41, 5.74) is 0. The SMILES string of the molecule is CN(C)C(=O)CCC(=O)N1C[C@H]2C[C@@H](Oc3cccc4c3OCCO4)[C@H](O)C[C@H]2C1. The Bertz CT molecular complexity index is 798. The Morgan fingerprint density at radius 1 is 1.13 bits per heavy atom. The van der Waals surface area contributed by atoms with Gasteiger partial charge < -0.3 is 29.1 Å². The lowest BCUT2D eigenvalue weighted by Gasteiger charge is -2.35. The molecule has 0 radical (unpaired) electrons. The van der Waals surface area contributed by atoms with Crippen molar-refractivity contribution in [2.75, 3.05) is 40.4 Å². The zero-order chi connectivity index (χ0) is 21.3. The number of aliphatic hydroxyl groups is 1. The van der Waals surface area contributed by atoms with Crippen LogP contribution >= 0.6 is 0 Å². The predicted octanol–water partition coefficient (Wildman–Crippen LogP) is 1.30. The van der Waals surface area contributed by atoms with Crippen molar-refractivity contribution in [3.63, 3.8) is 0 Å². The molecule has 1 saturated carbocycles. The van der Waals surface area contributed by atoms with Crippen LogP contribution in [0, 0.1) is 11.8 Å². The Morgan fingerprint density at radius 2 is 1.87 bits per heavy atom. The van der Waals surface area contributed by atoms with Crippen LogP contribution in [0.1, 0.15) is 25.7 Å². The molecule has 1 aromatic carbocycles. The van der Waals surface area contributed by atoms with Gasteiger partial charge in [0.1, 0.15) is 19.3 Å². The van der Waals surface area contributed by atoms with Gasteiger partial charge in [0.25, 0.3) is 0 Å². The first-order valence-corrected chi connectivity index (χ1v) is 10.6. The molecule has 2 fully saturated rings. The standard InChI is InChI=1S/C22H30N2O6/c1-23(2)20(26)6-7-21(27)24-12-14-10-16(25)19(11-15(14)13-24)30-18-5-3-4-17-22(18)29-9-8-28-17/h3-5,14-16,19,25H,6-13H2,1-2H3/t14-,15+,16+,19+/m0/s1. The quantitative estimate of drug-likeness (QED) is 0.776. The number of fused-ring (bicyclic) bond motifs is 2. The fourth-order valence-corrected chi connectivity index (χ4v) is 4.62. The molecule has 1 saturated heterocycles. The van der Waals surface area contributed by atoms with E-state index in [1.54, 1.807) is 14.1 Å². The molecule has 8 heteroatoms. The predicted molar refractivity (Wildman–Crippen MR) is 109 cm³/mol. The Hall–Kier alpha value is -2.48. The molecule has 1 aromatic rings. The highest BCUT2D eigenvalue weighted by Gasteiger charge is 2.44. The minimum Gasteiger partial charge on any atom is -0.486 e. The summed E-state index contributed by atoms with van der Waals surface area (Å²) in [6.07, 6.45) is 0.782. The minimum atomic E-state index is -0.600. The lowest BCUT2D eigenvalue weighted by atomic mass is 9.78. The molecule has 0 spiro atoms. The fourth-order valence-electron chi connectivity index (χ4n) is 4.62. The number of benzene rings is 1. The normalized spacial score (nSPS) is 27.4. The Labute approximate surface area is 176 Å². The van der Waals surface area contributed by atoms with Crippen LogP contribution in [0.4, 0.5) is 0 Å². The van der Waals surface area contributed by atoms with Crippen LogP contribution in [0.5, 0.6) is 17.2 Å². The molecule has 1 aliphatic carbocycles. The van der Waals surface area contributed by atoms with Gasteiger partial charge in [-0.05, 0) is 36.8 Å². The van der Waals surface area contributed by atoms with Gasteiger partial charge in [-0.2, -0.15) is 0 Å². The van der Waals surface area contributed by atoms with Crippen LogP contribution in [0.3, 0.4) is 0 Å². The fraction of sp³-hybridized carbons (Fsp3) is 0.636. The van der Waals surface area contributed by atoms with Crippen LogP contribution in [-0.2, 0) is 9.59 Å². The van der Waals surface area contributed by atoms with Gasteiger partial charge in [0.2, 0.25) is 17.6 Å². The third-order valence-corrected chi connectivity index (χ3v) is 6.30. The van der Waals surface area contributed by atoms with Crippen molar-refractivity contribution in [3.8, 4) is 17.2 Å². The number of likely N-dealkylation sites (tertiary alicyclic amines) is 1. The third-order valence-electron chi connectivity index (χ3n) is 6.30. The van der Waals surface area contributed by atoms with Crippen LogP contribution in [0.25, 0.3) is 0 Å². The Balaban J connectivity index is 1.36. The highest BCUT2D eigenvalue weighted by atomic mass is 16.6. The van der Waals surface area contributed by atoms with Crippen LogP contribution in [0.15, 0.2) is 18.2 Å². The molecule has 0 unspecified atom stereocenters. The van der Waals surface area contributed by atoms with Gasteiger partial charge >= 0.3 is 0 Å². The summed E-state index contributed by atoms with van der Waals surface area (Å²) in [6.45, 7) is 2.27. The van der Waals surface area contributed by atoms with Crippen molar-refractivity contribution in [2.45, 2.75) is 37.9 Å². The molecule has 164 valence electrons. The highest BCUT2D eigenvalue weighted by molar-refractivity contribution is 5.83. The van der Waals surface area contributed by atoms with Gasteiger partial charge in [0.05, 0.1) is 6.10 Å². The van der Waals surface area contributed by atoms with Crippen molar-refractivity contribution in [2.24, 2.45) is 11.8 Å². The summed E-state index contributed by atoms with van der Waals surface area (Å²) in [4.78, 5) is 27.7. The minimum absolute atomic E-state index is 0.00855. The summed E-state index contributed by atoms with van der Waals surface area (Å²) in [6, 6.07) is 5.53. The van der Waals surface area contributed by atoms with E-state index in [4.69, 9.17) is 14.2 Å². The second-order valence-corrected chi connectivity index (χ2v) is 8.58. The number of aliphatic hydroxyl groups excluding tert-OH is 1. The van der Waals surface area contributed by atoms with E-state index in [1.807, 2.05) is 23.1 Å². The summed E-state index contributed by atoms with van der Waals surface area (Å²) in [7, 11) is 3.39. The summed E-state index contributed by atoms with van der Waals surface area (Å²) >= 11 is 0. The Morgan fingerprint density at radius 3 is 2.63 bits per heavy atom. The number of amides is 2. The van der Waals surface area contributed by atoms with E-state index in [0.29, 0.717) is 56.4 Å². The average Bonchev–Trinajstić information content (AvgIpc) is 3.15. The molecule has 30 heavy (non-hydrogen) atoms. The maximum absolute atomic E-state index is 12.6. The van der Waals surface area contributed by atoms with Crippen LogP contribution in [-0.4, -0.2) is 79.3 Å². The van der Waals surface area contributed by atoms with E-state index >= 15 is 0 Å². The molecule has 3 aliphatic rings. The van der Waals surface area contributed by atoms with E-state index in [-0.39, 0.29) is 42.6 Å². The monoisotopic (exact) mass is 418 g/mol. The zero-order valence-electron chi connectivity index (χ0n) is 17.6. The molecule has 8 nitrogen and oxygen atoms in total. The molecule has 4 atom stereocenters. The van der Waals surface area contributed by atoms with Gasteiger partial charge in [-0.1, -0.05) is 6.07 Å². The lowest BCUT2D eigenvalue weighted by Crippen LogP contribution is -2.42. The second-order valence-electron chi connectivity index (χ2n) is 8.58. The van der Waals surface area contributed by atoms with Crippen molar-refractivity contribution >= 4 is 11.8 Å². The maximum Gasteiger partial charge on any atom is 0.223 e. The highest BCUT2D eigenvalue weighted by Crippen LogP contribution is 2.43. The molecule has 4 rings (SSSR count). The first-order valence-electron chi connectivity index (χ1n) is 10.6. The smallest absolute Gasteiger partial charge is 0.223 e. The first-order chi connectivity index (χ1) is 14.4. The second kappa shape index (κ2) is 8.71. The van der Waals surface area contributed by atoms with E-state index in [9.17, 15) is 14.7 Å². The zero-order valence-corrected chi connectivity index (χ0v) is 17.6. The number of ether oxygens (including phenoxy) is 3. The molecule has 1 N–H and O–H groups in total. The number of nitrogens with zero attached hydrogens (tertiary/aromatic N) is 2. The van der Waals surface area contributed by atoms with Crippen molar-refractivity contribution in [3.05, 3.63) is 18.2 Å². The number of rotatable bonds is 5. The molecule has 0 bridgehead atoms. The number of carbonyl (C=O) groups excluding carboxylic acids is 2. The van der Waals surface area contributed by atoms with Gasteiger partial charge in [0.15, 0.2) is 11.5 Å². The summed E-state index contributed by atoms with van der Waals surface area (Å²) in [5.74, 6) is 2.35. The van der Waals surface area contributed by atoms with Gasteiger partial charge in [0, 0.05) is 40.0 Å². The van der Waals surface area contributed by atoms with E-state index in [0.717, 1.165) is 0 Å². The van der Waals surface area contributed by atoms with Crippen molar-refractivity contribution in [1.29, 1.82) is 0 Å². The van der Waals surface area contributed by atoms with Crippen molar-refractivity contribution < 1.29 is 28.9 Å². The number of hydrogen-bond acceptors (Lipinski definition) is 6. The van der Waals surface area contributed by atoms with Gasteiger partial charge in [-0.25, -0.2) is 0 Å². The topological polar surface area (TPSA) is 88.5 Å². The largest absolute Gasteiger partial charge is 0.486 e.